The van der Waals surface area contributed by atoms with Gasteiger partial charge in [0.2, 0.25) is 0 Å². The van der Waals surface area contributed by atoms with Crippen LogP contribution in [0.4, 0.5) is 0 Å². The predicted molar refractivity (Wildman–Crippen MR) is 214 cm³/mol. The number of furan rings is 2. The summed E-state index contributed by atoms with van der Waals surface area (Å²) in [6.45, 7) is 0. The van der Waals surface area contributed by atoms with Gasteiger partial charge in [0.1, 0.15) is 22.5 Å². The van der Waals surface area contributed by atoms with Gasteiger partial charge in [-0.2, -0.15) is 0 Å². The Balaban J connectivity index is 0.991. The first-order valence-electron chi connectivity index (χ1n) is 18.0. The third kappa shape index (κ3) is 4.72. The lowest BCUT2D eigenvalue weighted by Crippen LogP contribution is -2.54. The van der Waals surface area contributed by atoms with Crippen molar-refractivity contribution < 1.29 is 8.83 Å². The number of rotatable bonds is 4. The average molecular weight is 694 g/mol. The molecule has 1 saturated heterocycles. The highest BCUT2D eigenvalue weighted by molar-refractivity contribution is 7.25. The van der Waals surface area contributed by atoms with Crippen LogP contribution >= 0.6 is 11.3 Å². The monoisotopic (exact) mass is 693 g/mol. The lowest BCUT2D eigenvalue weighted by Gasteiger charge is -2.45. The smallest absolute Gasteiger partial charge is 0.142 e. The van der Waals surface area contributed by atoms with E-state index < -0.39 is 0 Å². The highest BCUT2D eigenvalue weighted by Gasteiger charge is 2.35. The van der Waals surface area contributed by atoms with E-state index in [1.54, 1.807) is 0 Å². The molecule has 0 bridgehead atoms. The predicted octanol–water partition coefficient (Wildman–Crippen LogP) is 11.8. The van der Waals surface area contributed by atoms with Crippen LogP contribution in [0.1, 0.15) is 52.9 Å². The van der Waals surface area contributed by atoms with Gasteiger partial charge in [-0.1, -0.05) is 97.1 Å². The zero-order valence-electron chi connectivity index (χ0n) is 28.6. The van der Waals surface area contributed by atoms with Crippen LogP contribution in [-0.2, 0) is 6.42 Å². The molecule has 6 heteroatoms. The third-order valence-electron chi connectivity index (χ3n) is 11.1. The molecule has 3 unspecified atom stereocenters. The Morgan fingerprint density at radius 1 is 0.615 bits per heavy atom. The van der Waals surface area contributed by atoms with Crippen LogP contribution in [0.5, 0.6) is 0 Å². The summed E-state index contributed by atoms with van der Waals surface area (Å²) in [7, 11) is 2.21. The Morgan fingerprint density at radius 2 is 1.38 bits per heavy atom. The first-order chi connectivity index (χ1) is 25.7. The normalized spacial score (nSPS) is 19.4. The second kappa shape index (κ2) is 11.8. The van der Waals surface area contributed by atoms with Crippen molar-refractivity contribution in [1.82, 2.24) is 15.5 Å². The van der Waals surface area contributed by atoms with Crippen molar-refractivity contribution in [1.29, 1.82) is 0 Å². The topological polar surface area (TPSA) is 53.6 Å². The lowest BCUT2D eigenvalue weighted by atomic mass is 9.97. The summed E-state index contributed by atoms with van der Waals surface area (Å²) in [5.41, 5.74) is 10.1. The van der Waals surface area contributed by atoms with Crippen molar-refractivity contribution >= 4 is 70.5 Å². The lowest BCUT2D eigenvalue weighted by molar-refractivity contribution is 0.0417. The maximum Gasteiger partial charge on any atom is 0.142 e. The van der Waals surface area contributed by atoms with Crippen molar-refractivity contribution in [2.75, 3.05) is 7.05 Å². The molecule has 1 aliphatic carbocycles. The molecule has 1 aliphatic heterocycles. The fourth-order valence-electron chi connectivity index (χ4n) is 8.52. The van der Waals surface area contributed by atoms with Crippen LogP contribution in [0, 0.1) is 0 Å². The number of nitrogens with zero attached hydrogens (tertiary/aromatic N) is 1. The number of para-hydroxylation sites is 2. The molecule has 3 atom stereocenters. The van der Waals surface area contributed by atoms with Crippen LogP contribution in [0.2, 0.25) is 0 Å². The van der Waals surface area contributed by atoms with E-state index in [0.717, 1.165) is 51.7 Å². The third-order valence-corrected chi connectivity index (χ3v) is 12.2. The van der Waals surface area contributed by atoms with Gasteiger partial charge in [0.25, 0.3) is 0 Å². The van der Waals surface area contributed by atoms with Crippen molar-refractivity contribution in [3.63, 3.8) is 0 Å². The molecular weight excluding hydrogens is 659 g/mol. The summed E-state index contributed by atoms with van der Waals surface area (Å²) in [6, 6.07) is 46.1. The van der Waals surface area contributed by atoms with Crippen molar-refractivity contribution in [2.24, 2.45) is 0 Å². The quantitative estimate of drug-likeness (QED) is 0.192. The van der Waals surface area contributed by atoms with Crippen LogP contribution in [0.15, 0.2) is 142 Å². The Morgan fingerprint density at radius 3 is 2.27 bits per heavy atom. The molecule has 0 amide bonds. The molecule has 2 aliphatic rings. The Hall–Kier alpha value is -5.50. The number of hydrogen-bond acceptors (Lipinski definition) is 6. The number of allylic oxidation sites excluding steroid dienone is 1. The maximum atomic E-state index is 6.45. The SMILES string of the molecule is CN1C(c2ccc3oc4ccccc4c3c2)NC(c2ccccc2)NC1c1ccc2sc3cc(-c4cccc5c6c(oc45)C=CCC6)ccc3c2c1. The molecule has 1 fully saturated rings. The van der Waals surface area contributed by atoms with E-state index in [1.165, 1.54) is 53.4 Å². The summed E-state index contributed by atoms with van der Waals surface area (Å²) >= 11 is 1.86. The number of nitrogens with one attached hydrogen (secondary N) is 2. The van der Waals surface area contributed by atoms with Crippen LogP contribution in [0.3, 0.4) is 0 Å². The molecule has 4 heterocycles. The van der Waals surface area contributed by atoms with E-state index in [9.17, 15) is 0 Å². The maximum absolute atomic E-state index is 6.45. The molecule has 11 rings (SSSR count). The summed E-state index contributed by atoms with van der Waals surface area (Å²) in [6.07, 6.45) is 6.31. The fraction of sp³-hybridized carbons (Fsp3) is 0.130. The van der Waals surface area contributed by atoms with E-state index >= 15 is 0 Å². The molecule has 0 spiro atoms. The van der Waals surface area contributed by atoms with Gasteiger partial charge in [-0.15, -0.1) is 11.3 Å². The second-order valence-electron chi connectivity index (χ2n) is 14.1. The van der Waals surface area contributed by atoms with Gasteiger partial charge in [-0.05, 0) is 84.6 Å². The minimum atomic E-state index is -0.0490. The van der Waals surface area contributed by atoms with E-state index in [2.05, 4.69) is 150 Å². The summed E-state index contributed by atoms with van der Waals surface area (Å²) in [5.74, 6) is 1.01. The molecule has 52 heavy (non-hydrogen) atoms. The first-order valence-corrected chi connectivity index (χ1v) is 18.9. The van der Waals surface area contributed by atoms with Gasteiger partial charge in [0.05, 0.1) is 18.5 Å². The first kappa shape index (κ1) is 30.2. The van der Waals surface area contributed by atoms with E-state index in [1.807, 2.05) is 23.5 Å². The minimum absolute atomic E-state index is 0.0384. The average Bonchev–Trinajstić information content (AvgIpc) is 3.88. The Kier molecular flexibility index (Phi) is 6.82. The summed E-state index contributed by atoms with van der Waals surface area (Å²) < 4.78 is 15.2. The number of aryl methyl sites for hydroxylation is 1. The molecule has 3 aromatic heterocycles. The highest BCUT2D eigenvalue weighted by Crippen LogP contribution is 2.43. The van der Waals surface area contributed by atoms with Crippen molar-refractivity contribution in [3.8, 4) is 11.1 Å². The standard InChI is InChI=1S/C46H35N3O2S/c1-49-45(29-19-22-40-36(24-29)33-13-6-7-16-38(33)50-40)47-44(27-10-3-2-4-11-27)48-46(49)30-20-23-41-37(25-30)34-21-18-28(26-42(34)52-41)31-14-9-15-35-32-12-5-8-17-39(32)51-43(31)35/h2-4,6-11,13-26,44-48H,5,12H2,1H3. The van der Waals surface area contributed by atoms with E-state index in [-0.39, 0.29) is 18.5 Å². The molecule has 9 aromatic rings. The molecule has 2 N–H and O–H groups in total. The van der Waals surface area contributed by atoms with Gasteiger partial charge in [-0.25, -0.2) is 0 Å². The van der Waals surface area contributed by atoms with Crippen LogP contribution in [-0.4, -0.2) is 11.9 Å². The number of fused-ring (bicyclic) bond motifs is 9. The number of hydrogen-bond donors (Lipinski definition) is 2. The van der Waals surface area contributed by atoms with Gasteiger partial charge < -0.3 is 8.83 Å². The van der Waals surface area contributed by atoms with E-state index in [0.29, 0.717) is 0 Å². The molecule has 5 nitrogen and oxygen atoms in total. The minimum Gasteiger partial charge on any atom is -0.456 e. The molecular formula is C46H35N3O2S. The van der Waals surface area contributed by atoms with Gasteiger partial charge in [-0.3, -0.25) is 15.5 Å². The molecule has 0 radical (unpaired) electrons. The zero-order chi connectivity index (χ0) is 34.3. The van der Waals surface area contributed by atoms with Gasteiger partial charge >= 0.3 is 0 Å². The summed E-state index contributed by atoms with van der Waals surface area (Å²) in [5, 5.41) is 14.0. The van der Waals surface area contributed by atoms with E-state index in [4.69, 9.17) is 8.83 Å². The molecule has 252 valence electrons. The largest absolute Gasteiger partial charge is 0.456 e. The number of thiophene rings is 1. The number of benzene rings is 6. The van der Waals surface area contributed by atoms with Crippen LogP contribution < -0.4 is 10.6 Å². The summed E-state index contributed by atoms with van der Waals surface area (Å²) in [4.78, 5) is 2.41. The zero-order valence-corrected chi connectivity index (χ0v) is 29.4. The van der Waals surface area contributed by atoms with Crippen LogP contribution in [0.25, 0.3) is 70.3 Å². The van der Waals surface area contributed by atoms with Gasteiger partial charge in [0, 0.05) is 47.5 Å². The van der Waals surface area contributed by atoms with Crippen molar-refractivity contribution in [2.45, 2.75) is 31.3 Å². The highest BCUT2D eigenvalue weighted by atomic mass is 32.1. The fourth-order valence-corrected chi connectivity index (χ4v) is 9.65. The molecule has 6 aromatic carbocycles. The Bertz CT molecular complexity index is 2860. The molecule has 0 saturated carbocycles. The van der Waals surface area contributed by atoms with Gasteiger partial charge in [0.15, 0.2) is 0 Å². The van der Waals surface area contributed by atoms with Crippen molar-refractivity contribution in [3.05, 3.63) is 161 Å². The Labute approximate surface area is 304 Å². The second-order valence-corrected chi connectivity index (χ2v) is 15.2.